The summed E-state index contributed by atoms with van der Waals surface area (Å²) in [6, 6.07) is 5.11. The third kappa shape index (κ3) is 6.04. The molecule has 0 fully saturated rings. The Balaban J connectivity index is 1.85. The van der Waals surface area contributed by atoms with Gasteiger partial charge < -0.3 is 19.9 Å². The van der Waals surface area contributed by atoms with Crippen molar-refractivity contribution >= 4 is 22.7 Å². The number of hydrogen-bond donors (Lipinski definition) is 2. The predicted octanol–water partition coefficient (Wildman–Crippen LogP) is 1.72. The number of carbonyl (C=O) groups excluding carboxylic acids is 1. The molecular weight excluding hydrogens is 346 g/mol. The molecule has 1 aromatic carbocycles. The van der Waals surface area contributed by atoms with Crippen LogP contribution in [0.25, 0.3) is 0 Å². The van der Waals surface area contributed by atoms with Crippen LogP contribution in [-0.4, -0.2) is 45.7 Å². The normalized spacial score (nSPS) is 14.6. The maximum absolute atomic E-state index is 12.4. The monoisotopic (exact) mass is 369 g/mol. The highest BCUT2D eigenvalue weighted by Crippen LogP contribution is 2.31. The number of nitrogens with one attached hydrogen (secondary N) is 1. The molecule has 0 aliphatic carbocycles. The minimum absolute atomic E-state index is 0.0175. The van der Waals surface area contributed by atoms with Gasteiger partial charge in [-0.25, -0.2) is 0 Å². The van der Waals surface area contributed by atoms with Gasteiger partial charge >= 0.3 is 5.97 Å². The smallest absolute Gasteiger partial charge is 0.303 e. The van der Waals surface area contributed by atoms with Crippen LogP contribution in [0.2, 0.25) is 0 Å². The predicted molar refractivity (Wildman–Crippen MR) is 92.4 cm³/mol. The molecule has 25 heavy (non-hydrogen) atoms. The molecule has 0 bridgehead atoms. The molecule has 0 saturated heterocycles. The number of aliphatic carboxylic acids is 1. The van der Waals surface area contributed by atoms with E-state index in [2.05, 4.69) is 5.32 Å². The third-order valence-corrected chi connectivity index (χ3v) is 5.09. The topological polar surface area (TPSA) is 102 Å². The Morgan fingerprint density at radius 3 is 2.56 bits per heavy atom. The highest BCUT2D eigenvalue weighted by atomic mass is 32.2. The van der Waals surface area contributed by atoms with E-state index in [9.17, 15) is 13.8 Å². The highest BCUT2D eigenvalue weighted by molar-refractivity contribution is 7.85. The minimum atomic E-state index is -1.33. The molecule has 1 unspecified atom stereocenters. The Morgan fingerprint density at radius 1 is 1.20 bits per heavy atom. The summed E-state index contributed by atoms with van der Waals surface area (Å²) in [6.07, 6.45) is 0.410. The first-order chi connectivity index (χ1) is 11.8. The largest absolute Gasteiger partial charge is 0.486 e. The molecular formula is C17H23NO6S. The lowest BCUT2D eigenvalue weighted by Gasteiger charge is -2.25. The summed E-state index contributed by atoms with van der Waals surface area (Å²) < 4.78 is 23.3. The second-order valence-electron chi connectivity index (χ2n) is 6.43. The molecule has 1 atom stereocenters. The fourth-order valence-electron chi connectivity index (χ4n) is 2.39. The van der Waals surface area contributed by atoms with Gasteiger partial charge in [0.2, 0.25) is 5.91 Å². The Labute approximate surface area is 149 Å². The van der Waals surface area contributed by atoms with Gasteiger partial charge in [-0.1, -0.05) is 0 Å². The molecule has 1 heterocycles. The second-order valence-corrected chi connectivity index (χ2v) is 8.00. The number of rotatable bonds is 8. The van der Waals surface area contributed by atoms with Crippen LogP contribution in [0, 0.1) is 0 Å². The van der Waals surface area contributed by atoms with Gasteiger partial charge in [0.15, 0.2) is 11.5 Å². The summed E-state index contributed by atoms with van der Waals surface area (Å²) in [5, 5.41) is 11.5. The first kappa shape index (κ1) is 19.2. The van der Waals surface area contributed by atoms with Crippen molar-refractivity contribution in [3.05, 3.63) is 18.2 Å². The Hall–Kier alpha value is -2.09. The molecule has 138 valence electrons. The summed E-state index contributed by atoms with van der Waals surface area (Å²) in [5.74, 6) is 0.227. The van der Waals surface area contributed by atoms with E-state index in [1.807, 2.05) is 0 Å². The van der Waals surface area contributed by atoms with Crippen LogP contribution in [0.3, 0.4) is 0 Å². The number of carboxylic acids is 1. The zero-order valence-electron chi connectivity index (χ0n) is 14.4. The van der Waals surface area contributed by atoms with E-state index in [1.165, 1.54) is 0 Å². The van der Waals surface area contributed by atoms with Gasteiger partial charge in [0.1, 0.15) is 13.2 Å². The van der Waals surface area contributed by atoms with Gasteiger partial charge in [0, 0.05) is 35.1 Å². The van der Waals surface area contributed by atoms with Gasteiger partial charge in [-0.3, -0.25) is 13.8 Å². The van der Waals surface area contributed by atoms with Crippen LogP contribution in [0.1, 0.15) is 33.1 Å². The number of benzene rings is 1. The highest BCUT2D eigenvalue weighted by Gasteiger charge is 2.22. The quantitative estimate of drug-likeness (QED) is 0.723. The Morgan fingerprint density at radius 2 is 1.88 bits per heavy atom. The van der Waals surface area contributed by atoms with Gasteiger partial charge in [0.25, 0.3) is 0 Å². The molecule has 1 amide bonds. The number of ether oxygens (including phenoxy) is 2. The van der Waals surface area contributed by atoms with Crippen molar-refractivity contribution in [3.63, 3.8) is 0 Å². The van der Waals surface area contributed by atoms with E-state index < -0.39 is 22.3 Å². The van der Waals surface area contributed by atoms with Crippen molar-refractivity contribution in [1.29, 1.82) is 0 Å². The first-order valence-electron chi connectivity index (χ1n) is 8.08. The lowest BCUT2D eigenvalue weighted by molar-refractivity contribution is -0.137. The van der Waals surface area contributed by atoms with Crippen LogP contribution in [0.5, 0.6) is 11.5 Å². The lowest BCUT2D eigenvalue weighted by Crippen LogP contribution is -2.44. The second kappa shape index (κ2) is 8.33. The molecule has 7 nitrogen and oxygen atoms in total. The third-order valence-electron chi connectivity index (χ3n) is 3.73. The van der Waals surface area contributed by atoms with Crippen molar-refractivity contribution in [1.82, 2.24) is 5.32 Å². The molecule has 2 N–H and O–H groups in total. The number of carbonyl (C=O) groups is 2. The lowest BCUT2D eigenvalue weighted by atomic mass is 9.98. The standard InChI is InChI=1S/C17H23NO6S/c1-17(2,7-5-16(20)21)18-15(19)6-10-25(22)12-3-4-13-14(11-12)24-9-8-23-13/h3-4,11H,5-10H2,1-2H3,(H,18,19)(H,20,21). The maximum atomic E-state index is 12.4. The van der Waals surface area contributed by atoms with E-state index in [4.69, 9.17) is 14.6 Å². The average Bonchev–Trinajstić information content (AvgIpc) is 2.57. The molecule has 8 heteroatoms. The van der Waals surface area contributed by atoms with Crippen molar-refractivity contribution in [2.24, 2.45) is 0 Å². The average molecular weight is 369 g/mol. The van der Waals surface area contributed by atoms with E-state index in [-0.39, 0.29) is 24.5 Å². The molecule has 0 radical (unpaired) electrons. The van der Waals surface area contributed by atoms with Crippen LogP contribution < -0.4 is 14.8 Å². The first-order valence-corrected chi connectivity index (χ1v) is 9.39. The Kier molecular flexibility index (Phi) is 6.41. The molecule has 0 spiro atoms. The summed E-state index contributed by atoms with van der Waals surface area (Å²) in [4.78, 5) is 23.3. The molecule has 2 rings (SSSR count). The van der Waals surface area contributed by atoms with Crippen molar-refractivity contribution < 1.29 is 28.4 Å². The summed E-state index contributed by atoms with van der Waals surface area (Å²) >= 11 is 0. The van der Waals surface area contributed by atoms with Crippen LogP contribution in [-0.2, 0) is 20.4 Å². The molecule has 1 aliphatic heterocycles. The van der Waals surface area contributed by atoms with E-state index in [1.54, 1.807) is 32.0 Å². The summed E-state index contributed by atoms with van der Waals surface area (Å²) in [5.41, 5.74) is -0.617. The van der Waals surface area contributed by atoms with Gasteiger partial charge in [-0.05, 0) is 32.4 Å². The number of amides is 1. The number of carboxylic acid groups (broad SMARTS) is 1. The molecule has 0 saturated carbocycles. The van der Waals surface area contributed by atoms with Crippen LogP contribution in [0.4, 0.5) is 0 Å². The van der Waals surface area contributed by atoms with E-state index >= 15 is 0 Å². The van der Waals surface area contributed by atoms with Crippen molar-refractivity contribution in [3.8, 4) is 11.5 Å². The van der Waals surface area contributed by atoms with Crippen molar-refractivity contribution in [2.75, 3.05) is 19.0 Å². The molecule has 0 aromatic heterocycles. The number of hydrogen-bond acceptors (Lipinski definition) is 5. The van der Waals surface area contributed by atoms with Crippen LogP contribution in [0.15, 0.2) is 23.1 Å². The van der Waals surface area contributed by atoms with E-state index in [0.29, 0.717) is 36.0 Å². The maximum Gasteiger partial charge on any atom is 0.303 e. The zero-order chi connectivity index (χ0) is 18.4. The zero-order valence-corrected chi connectivity index (χ0v) is 15.2. The molecule has 1 aromatic rings. The fourth-order valence-corrected chi connectivity index (χ4v) is 3.46. The Bertz CT molecular complexity index is 673. The SMILES string of the molecule is CC(C)(CCC(=O)O)NC(=O)CCS(=O)c1ccc2c(c1)OCCO2. The minimum Gasteiger partial charge on any atom is -0.486 e. The molecule has 1 aliphatic rings. The summed E-state index contributed by atoms with van der Waals surface area (Å²) in [6.45, 7) is 4.49. The van der Waals surface area contributed by atoms with Crippen molar-refractivity contribution in [2.45, 2.75) is 43.5 Å². The van der Waals surface area contributed by atoms with Gasteiger partial charge in [0.05, 0.1) is 10.8 Å². The van der Waals surface area contributed by atoms with Gasteiger partial charge in [-0.15, -0.1) is 0 Å². The van der Waals surface area contributed by atoms with E-state index in [0.717, 1.165) is 0 Å². The van der Waals surface area contributed by atoms with Crippen LogP contribution >= 0.6 is 0 Å². The number of fused-ring (bicyclic) bond motifs is 1. The summed E-state index contributed by atoms with van der Waals surface area (Å²) in [7, 11) is -1.33. The van der Waals surface area contributed by atoms with Gasteiger partial charge in [-0.2, -0.15) is 0 Å². The fraction of sp³-hybridized carbons (Fsp3) is 0.529.